The van der Waals surface area contributed by atoms with Crippen LogP contribution >= 0.6 is 11.6 Å². The Balaban J connectivity index is 2.23. The number of carbonyl (C=O) groups is 1. The van der Waals surface area contributed by atoms with Gasteiger partial charge in [-0.3, -0.25) is 4.79 Å². The number of nitrogens with one attached hydrogen (secondary N) is 1. The van der Waals surface area contributed by atoms with Crippen molar-refractivity contribution in [3.05, 3.63) is 53.1 Å². The van der Waals surface area contributed by atoms with E-state index in [0.29, 0.717) is 0 Å². The van der Waals surface area contributed by atoms with Crippen LogP contribution in [0.5, 0.6) is 5.75 Å². The number of rotatable bonds is 7. The molecular weight excluding hydrogens is 402 g/mol. The summed E-state index contributed by atoms with van der Waals surface area (Å²) in [5.41, 5.74) is 0.211. The van der Waals surface area contributed by atoms with Crippen LogP contribution in [0.3, 0.4) is 0 Å². The second-order valence-corrected chi connectivity index (χ2v) is 7.72. The van der Waals surface area contributed by atoms with E-state index in [-0.39, 0.29) is 27.9 Å². The first-order valence-corrected chi connectivity index (χ1v) is 9.59. The lowest BCUT2D eigenvalue weighted by molar-refractivity contribution is -0.116. The highest BCUT2D eigenvalue weighted by Gasteiger charge is 2.29. The van der Waals surface area contributed by atoms with Crippen molar-refractivity contribution in [1.82, 2.24) is 4.31 Å². The molecule has 0 atom stereocenters. The summed E-state index contributed by atoms with van der Waals surface area (Å²) in [4.78, 5) is 11.8. The van der Waals surface area contributed by atoms with Crippen LogP contribution in [0.4, 0.5) is 14.5 Å². The Kier molecular flexibility index (Phi) is 6.74. The van der Waals surface area contributed by atoms with Crippen LogP contribution in [0.15, 0.2) is 41.3 Å². The first-order valence-electron chi connectivity index (χ1n) is 7.77. The smallest absolute Gasteiger partial charge is 0.247 e. The van der Waals surface area contributed by atoms with E-state index in [1.807, 2.05) is 0 Å². The normalized spacial score (nSPS) is 11.5. The van der Waals surface area contributed by atoms with Crippen LogP contribution in [0.2, 0.25) is 5.02 Å². The van der Waals surface area contributed by atoms with E-state index in [2.05, 4.69) is 5.32 Å². The third-order valence-corrected chi connectivity index (χ3v) is 5.85. The molecule has 0 heterocycles. The minimum atomic E-state index is -4.20. The van der Waals surface area contributed by atoms with Gasteiger partial charge in [0.1, 0.15) is 22.3 Å². The van der Waals surface area contributed by atoms with Gasteiger partial charge in [0.25, 0.3) is 0 Å². The maximum atomic E-state index is 13.5. The Hall–Kier alpha value is -2.23. The largest absolute Gasteiger partial charge is 0.495 e. The molecule has 0 bridgehead atoms. The van der Waals surface area contributed by atoms with E-state index in [1.54, 1.807) is 0 Å². The number of halogens is 3. The fourth-order valence-electron chi connectivity index (χ4n) is 2.29. The van der Waals surface area contributed by atoms with Gasteiger partial charge in [-0.25, -0.2) is 17.2 Å². The Bertz CT molecular complexity index is 954. The molecule has 10 heteroatoms. The standard InChI is InChI=1S/C17H17ClF2N2O4S/c1-3-22(10-17(23)21-12-5-6-14(20)13(18)9-12)27(24,25)16-8-11(19)4-7-15(16)26-2/h4-9H,3,10H2,1-2H3,(H,21,23). The summed E-state index contributed by atoms with van der Waals surface area (Å²) in [7, 11) is -2.94. The third kappa shape index (κ3) is 4.94. The highest BCUT2D eigenvalue weighted by Crippen LogP contribution is 2.27. The monoisotopic (exact) mass is 418 g/mol. The van der Waals surface area contributed by atoms with Crippen LogP contribution < -0.4 is 10.1 Å². The molecule has 2 rings (SSSR count). The highest BCUT2D eigenvalue weighted by atomic mass is 35.5. The van der Waals surface area contributed by atoms with Gasteiger partial charge in [-0.05, 0) is 36.4 Å². The molecule has 0 aliphatic heterocycles. The number of amides is 1. The molecule has 0 fully saturated rings. The van der Waals surface area contributed by atoms with Crippen LogP contribution in [-0.2, 0) is 14.8 Å². The lowest BCUT2D eigenvalue weighted by atomic mass is 10.3. The van der Waals surface area contributed by atoms with Crippen molar-refractivity contribution < 1.29 is 26.7 Å². The van der Waals surface area contributed by atoms with E-state index in [0.717, 1.165) is 22.5 Å². The summed E-state index contributed by atoms with van der Waals surface area (Å²) in [6.45, 7) is 0.957. The molecule has 1 amide bonds. The van der Waals surface area contributed by atoms with Crippen molar-refractivity contribution in [3.63, 3.8) is 0 Å². The van der Waals surface area contributed by atoms with Crippen LogP contribution in [0, 0.1) is 11.6 Å². The molecule has 1 N–H and O–H groups in total. The van der Waals surface area contributed by atoms with Gasteiger partial charge in [0.15, 0.2) is 0 Å². The van der Waals surface area contributed by atoms with Crippen molar-refractivity contribution in [3.8, 4) is 5.75 Å². The lowest BCUT2D eigenvalue weighted by Gasteiger charge is -2.21. The van der Waals surface area contributed by atoms with Crippen molar-refractivity contribution in [2.75, 3.05) is 25.5 Å². The summed E-state index contributed by atoms with van der Waals surface area (Å²) >= 11 is 5.65. The third-order valence-electron chi connectivity index (χ3n) is 3.62. The Morgan fingerprint density at radius 2 is 1.93 bits per heavy atom. The van der Waals surface area contributed by atoms with Crippen molar-refractivity contribution in [2.24, 2.45) is 0 Å². The number of carbonyl (C=O) groups excluding carboxylic acids is 1. The van der Waals surface area contributed by atoms with Crippen molar-refractivity contribution in [1.29, 1.82) is 0 Å². The number of hydrogen-bond donors (Lipinski definition) is 1. The summed E-state index contributed by atoms with van der Waals surface area (Å²) in [6.07, 6.45) is 0. The average molecular weight is 419 g/mol. The molecule has 6 nitrogen and oxygen atoms in total. The quantitative estimate of drug-likeness (QED) is 0.748. The first-order chi connectivity index (χ1) is 12.7. The summed E-state index contributed by atoms with van der Waals surface area (Å²) in [6, 6.07) is 6.66. The van der Waals surface area contributed by atoms with Crippen LogP contribution in [0.1, 0.15) is 6.92 Å². The maximum Gasteiger partial charge on any atom is 0.247 e. The number of anilines is 1. The fraction of sp³-hybridized carbons (Fsp3) is 0.235. The average Bonchev–Trinajstić information content (AvgIpc) is 2.62. The number of methoxy groups -OCH3 is 1. The molecule has 0 unspecified atom stereocenters. The van der Waals surface area contributed by atoms with Gasteiger partial charge in [0.05, 0.1) is 18.7 Å². The zero-order valence-electron chi connectivity index (χ0n) is 14.5. The van der Waals surface area contributed by atoms with Gasteiger partial charge in [-0.2, -0.15) is 4.31 Å². The van der Waals surface area contributed by atoms with Gasteiger partial charge in [0, 0.05) is 12.2 Å². The number of likely N-dealkylation sites (N-methyl/N-ethyl adjacent to an activating group) is 1. The Morgan fingerprint density at radius 3 is 2.52 bits per heavy atom. The molecular formula is C17H17ClF2N2O4S. The van der Waals surface area contributed by atoms with E-state index in [9.17, 15) is 22.0 Å². The molecule has 0 spiro atoms. The van der Waals surface area contributed by atoms with Crippen molar-refractivity contribution in [2.45, 2.75) is 11.8 Å². The number of sulfonamides is 1. The molecule has 2 aromatic carbocycles. The van der Waals surface area contributed by atoms with Gasteiger partial charge in [0.2, 0.25) is 15.9 Å². The molecule has 27 heavy (non-hydrogen) atoms. The number of ether oxygens (including phenoxy) is 1. The second kappa shape index (κ2) is 8.64. The maximum absolute atomic E-state index is 13.5. The summed E-state index contributed by atoms with van der Waals surface area (Å²) < 4.78 is 58.2. The molecule has 146 valence electrons. The zero-order valence-corrected chi connectivity index (χ0v) is 16.1. The van der Waals surface area contributed by atoms with Gasteiger partial charge >= 0.3 is 0 Å². The number of hydrogen-bond acceptors (Lipinski definition) is 4. The topological polar surface area (TPSA) is 75.7 Å². The molecule has 0 radical (unpaired) electrons. The first kappa shape index (κ1) is 21.1. The van der Waals surface area contributed by atoms with E-state index >= 15 is 0 Å². The predicted molar refractivity (Wildman–Crippen MR) is 97.4 cm³/mol. The highest BCUT2D eigenvalue weighted by molar-refractivity contribution is 7.89. The summed E-state index contributed by atoms with van der Waals surface area (Å²) in [5, 5.41) is 2.25. The molecule has 0 saturated heterocycles. The predicted octanol–water partition coefficient (Wildman–Crippen LogP) is 3.28. The fourth-order valence-corrected chi connectivity index (χ4v) is 4.05. The second-order valence-electron chi connectivity index (χ2n) is 5.40. The van der Waals surface area contributed by atoms with E-state index in [1.165, 1.54) is 32.2 Å². The molecule has 0 aliphatic carbocycles. The van der Waals surface area contributed by atoms with Gasteiger partial charge in [-0.15, -0.1) is 0 Å². The minimum absolute atomic E-state index is 0.0411. The number of benzene rings is 2. The van der Waals surface area contributed by atoms with Gasteiger partial charge < -0.3 is 10.1 Å². The lowest BCUT2D eigenvalue weighted by Crippen LogP contribution is -2.38. The minimum Gasteiger partial charge on any atom is -0.495 e. The molecule has 0 aromatic heterocycles. The zero-order chi connectivity index (χ0) is 20.2. The van der Waals surface area contributed by atoms with E-state index < -0.39 is 34.1 Å². The SMILES string of the molecule is CCN(CC(=O)Nc1ccc(F)c(Cl)c1)S(=O)(=O)c1cc(F)ccc1OC. The Morgan fingerprint density at radius 1 is 1.22 bits per heavy atom. The van der Waals surface area contributed by atoms with Gasteiger partial charge in [-0.1, -0.05) is 18.5 Å². The van der Waals surface area contributed by atoms with Crippen molar-refractivity contribution >= 4 is 33.2 Å². The van der Waals surface area contributed by atoms with Crippen LogP contribution in [-0.4, -0.2) is 38.8 Å². The number of nitrogens with zero attached hydrogens (tertiary/aromatic N) is 1. The molecule has 0 saturated carbocycles. The molecule has 0 aliphatic rings. The van der Waals surface area contributed by atoms with Crippen LogP contribution in [0.25, 0.3) is 0 Å². The molecule has 2 aromatic rings. The summed E-state index contributed by atoms with van der Waals surface area (Å²) in [5.74, 6) is -2.11. The Labute approximate surface area is 160 Å². The van der Waals surface area contributed by atoms with E-state index in [4.69, 9.17) is 16.3 Å².